The first kappa shape index (κ1) is 9.69. The van der Waals surface area contributed by atoms with Gasteiger partial charge in [0.15, 0.2) is 0 Å². The fourth-order valence-corrected chi connectivity index (χ4v) is 1.44. The van der Waals surface area contributed by atoms with Gasteiger partial charge in [0.25, 0.3) is 0 Å². The van der Waals surface area contributed by atoms with Crippen molar-refractivity contribution in [3.8, 4) is 0 Å². The van der Waals surface area contributed by atoms with Gasteiger partial charge in [0.05, 0.1) is 6.54 Å². The van der Waals surface area contributed by atoms with Crippen LogP contribution in [0.4, 0.5) is 0 Å². The number of carbonyl (C=O) groups excluding carboxylic acids is 1. The number of aliphatic imine (C=N–C) groups is 1. The number of aryl methyl sites for hydroxylation is 2. The quantitative estimate of drug-likeness (QED) is 0.511. The summed E-state index contributed by atoms with van der Waals surface area (Å²) < 4.78 is 0. The molecule has 0 aliphatic carbocycles. The Morgan fingerprint density at radius 2 is 1.85 bits per heavy atom. The van der Waals surface area contributed by atoms with E-state index in [1.54, 1.807) is 6.08 Å². The standard InChI is InChI=1S/C11H13NO/c1-9-5-10(2)7-11(6-9)3-4-12-8-13/h5-7H,3-4H2,1-2H3. The fraction of sp³-hybridized carbons (Fsp3) is 0.364. The Hall–Kier alpha value is -1.40. The number of benzene rings is 1. The highest BCUT2D eigenvalue weighted by atomic mass is 16.1. The molecule has 0 heterocycles. The molecule has 68 valence electrons. The third kappa shape index (κ3) is 3.22. The van der Waals surface area contributed by atoms with Crippen molar-refractivity contribution in [3.63, 3.8) is 0 Å². The van der Waals surface area contributed by atoms with Gasteiger partial charge in [0.2, 0.25) is 6.08 Å². The first-order chi connectivity index (χ1) is 6.22. The van der Waals surface area contributed by atoms with Crippen molar-refractivity contribution in [2.45, 2.75) is 20.3 Å². The summed E-state index contributed by atoms with van der Waals surface area (Å²) in [7, 11) is 0. The summed E-state index contributed by atoms with van der Waals surface area (Å²) in [5.74, 6) is 0. The summed E-state index contributed by atoms with van der Waals surface area (Å²) in [6.07, 6.45) is 2.36. The molecule has 0 N–H and O–H groups in total. The topological polar surface area (TPSA) is 29.4 Å². The van der Waals surface area contributed by atoms with Gasteiger partial charge in [-0.2, -0.15) is 0 Å². The molecular formula is C11H13NO. The maximum Gasteiger partial charge on any atom is 0.234 e. The van der Waals surface area contributed by atoms with Gasteiger partial charge in [0.1, 0.15) is 0 Å². The fourth-order valence-electron chi connectivity index (χ4n) is 1.44. The third-order valence-corrected chi connectivity index (χ3v) is 1.86. The van der Waals surface area contributed by atoms with E-state index in [0.29, 0.717) is 6.54 Å². The van der Waals surface area contributed by atoms with E-state index in [1.165, 1.54) is 16.7 Å². The van der Waals surface area contributed by atoms with E-state index in [1.807, 2.05) is 0 Å². The first-order valence-corrected chi connectivity index (χ1v) is 4.33. The van der Waals surface area contributed by atoms with E-state index in [0.717, 1.165) is 6.42 Å². The predicted octanol–water partition coefficient (Wildman–Crippen LogP) is 2.18. The average molecular weight is 175 g/mol. The van der Waals surface area contributed by atoms with E-state index in [9.17, 15) is 4.79 Å². The molecule has 0 bridgehead atoms. The molecule has 0 aromatic heterocycles. The average Bonchev–Trinajstić information content (AvgIpc) is 2.03. The molecule has 0 unspecified atom stereocenters. The highest BCUT2D eigenvalue weighted by molar-refractivity contribution is 5.33. The number of rotatable bonds is 3. The zero-order chi connectivity index (χ0) is 9.68. The van der Waals surface area contributed by atoms with Crippen LogP contribution in [-0.2, 0) is 11.2 Å². The molecule has 0 saturated carbocycles. The molecule has 2 nitrogen and oxygen atoms in total. The van der Waals surface area contributed by atoms with Crippen LogP contribution in [0.25, 0.3) is 0 Å². The van der Waals surface area contributed by atoms with Gasteiger partial charge in [-0.1, -0.05) is 29.3 Å². The Labute approximate surface area is 78.3 Å². The van der Waals surface area contributed by atoms with Gasteiger partial charge < -0.3 is 0 Å². The van der Waals surface area contributed by atoms with Gasteiger partial charge in [-0.25, -0.2) is 9.79 Å². The Balaban J connectivity index is 2.71. The monoisotopic (exact) mass is 175 g/mol. The van der Waals surface area contributed by atoms with Crippen molar-refractivity contribution in [2.75, 3.05) is 6.54 Å². The van der Waals surface area contributed by atoms with Gasteiger partial charge in [-0.05, 0) is 25.8 Å². The second-order valence-electron chi connectivity index (χ2n) is 3.22. The lowest BCUT2D eigenvalue weighted by Gasteiger charge is -2.01. The third-order valence-electron chi connectivity index (χ3n) is 1.86. The molecule has 0 fully saturated rings. The van der Waals surface area contributed by atoms with Crippen LogP contribution >= 0.6 is 0 Å². The van der Waals surface area contributed by atoms with Gasteiger partial charge in [-0.3, -0.25) is 0 Å². The summed E-state index contributed by atoms with van der Waals surface area (Å²) in [5.41, 5.74) is 3.74. The van der Waals surface area contributed by atoms with Crippen LogP contribution in [-0.4, -0.2) is 12.6 Å². The lowest BCUT2D eigenvalue weighted by atomic mass is 10.1. The zero-order valence-corrected chi connectivity index (χ0v) is 8.00. The molecule has 0 aliphatic rings. The Morgan fingerprint density at radius 1 is 1.23 bits per heavy atom. The molecule has 0 amide bonds. The van der Waals surface area contributed by atoms with Crippen LogP contribution in [0.5, 0.6) is 0 Å². The minimum atomic E-state index is 0.534. The lowest BCUT2D eigenvalue weighted by molar-refractivity contribution is 0.563. The molecule has 0 radical (unpaired) electrons. The molecule has 1 aromatic rings. The molecule has 0 aliphatic heterocycles. The molecule has 13 heavy (non-hydrogen) atoms. The van der Waals surface area contributed by atoms with Gasteiger partial charge in [-0.15, -0.1) is 0 Å². The minimum Gasteiger partial charge on any atom is -0.211 e. The molecule has 0 saturated heterocycles. The highest BCUT2D eigenvalue weighted by Gasteiger charge is 1.94. The van der Waals surface area contributed by atoms with Crippen molar-refractivity contribution in [1.82, 2.24) is 0 Å². The van der Waals surface area contributed by atoms with Crippen LogP contribution in [0.15, 0.2) is 23.2 Å². The molecule has 0 spiro atoms. The smallest absolute Gasteiger partial charge is 0.211 e. The number of hydrogen-bond acceptors (Lipinski definition) is 2. The van der Waals surface area contributed by atoms with Crippen LogP contribution in [0.1, 0.15) is 16.7 Å². The summed E-state index contributed by atoms with van der Waals surface area (Å²) in [6.45, 7) is 4.67. The predicted molar refractivity (Wildman–Crippen MR) is 52.6 cm³/mol. The molecule has 1 aromatic carbocycles. The van der Waals surface area contributed by atoms with E-state index >= 15 is 0 Å². The number of hydrogen-bond donors (Lipinski definition) is 0. The van der Waals surface area contributed by atoms with Crippen LogP contribution in [0.2, 0.25) is 0 Å². The lowest BCUT2D eigenvalue weighted by Crippen LogP contribution is -1.91. The maximum absolute atomic E-state index is 9.84. The Morgan fingerprint density at radius 3 is 2.38 bits per heavy atom. The van der Waals surface area contributed by atoms with Crippen molar-refractivity contribution in [2.24, 2.45) is 4.99 Å². The van der Waals surface area contributed by atoms with Crippen LogP contribution < -0.4 is 0 Å². The Kier molecular flexibility index (Phi) is 3.41. The van der Waals surface area contributed by atoms with Crippen LogP contribution in [0, 0.1) is 13.8 Å². The van der Waals surface area contributed by atoms with E-state index < -0.39 is 0 Å². The largest absolute Gasteiger partial charge is 0.234 e. The van der Waals surface area contributed by atoms with Crippen LogP contribution in [0.3, 0.4) is 0 Å². The van der Waals surface area contributed by atoms with Gasteiger partial charge >= 0.3 is 0 Å². The summed E-state index contributed by atoms with van der Waals surface area (Å²) >= 11 is 0. The zero-order valence-electron chi connectivity index (χ0n) is 8.00. The summed E-state index contributed by atoms with van der Waals surface area (Å²) in [6, 6.07) is 6.37. The van der Waals surface area contributed by atoms with Crippen molar-refractivity contribution >= 4 is 6.08 Å². The van der Waals surface area contributed by atoms with Gasteiger partial charge in [0, 0.05) is 0 Å². The maximum atomic E-state index is 9.84. The Bertz CT molecular complexity index is 318. The van der Waals surface area contributed by atoms with E-state index in [2.05, 4.69) is 37.0 Å². The molecule has 0 atom stereocenters. The first-order valence-electron chi connectivity index (χ1n) is 4.33. The van der Waals surface area contributed by atoms with E-state index in [4.69, 9.17) is 0 Å². The van der Waals surface area contributed by atoms with Crippen molar-refractivity contribution in [3.05, 3.63) is 34.9 Å². The number of isocyanates is 1. The van der Waals surface area contributed by atoms with Crippen molar-refractivity contribution < 1.29 is 4.79 Å². The van der Waals surface area contributed by atoms with E-state index in [-0.39, 0.29) is 0 Å². The van der Waals surface area contributed by atoms with Crippen molar-refractivity contribution in [1.29, 1.82) is 0 Å². The summed E-state index contributed by atoms with van der Waals surface area (Å²) in [4.78, 5) is 13.4. The number of nitrogens with zero attached hydrogens (tertiary/aromatic N) is 1. The summed E-state index contributed by atoms with van der Waals surface area (Å²) in [5, 5.41) is 0. The normalized spacial score (nSPS) is 9.38. The second kappa shape index (κ2) is 4.58. The molecular weight excluding hydrogens is 162 g/mol. The molecule has 1 rings (SSSR count). The minimum absolute atomic E-state index is 0.534. The highest BCUT2D eigenvalue weighted by Crippen LogP contribution is 2.09. The second-order valence-corrected chi connectivity index (χ2v) is 3.22. The molecule has 2 heteroatoms. The SMILES string of the molecule is Cc1cc(C)cc(CCN=C=O)c1.